The number of halogens is 1. The van der Waals surface area contributed by atoms with Crippen LogP contribution >= 0.6 is 0 Å². The van der Waals surface area contributed by atoms with Crippen LogP contribution in [0.3, 0.4) is 0 Å². The molecule has 2 heterocycles. The summed E-state index contributed by atoms with van der Waals surface area (Å²) in [5.41, 5.74) is 0.614. The summed E-state index contributed by atoms with van der Waals surface area (Å²) in [7, 11) is 0. The van der Waals surface area contributed by atoms with Crippen LogP contribution in [0, 0.1) is 5.82 Å². The van der Waals surface area contributed by atoms with Crippen LogP contribution in [0.1, 0.15) is 17.5 Å². The van der Waals surface area contributed by atoms with Gasteiger partial charge in [0.25, 0.3) is 0 Å². The Bertz CT molecular complexity index is 691. The number of hydrogen-bond acceptors (Lipinski definition) is 3. The molecule has 1 aromatic carbocycles. The molecule has 0 saturated carbocycles. The molecule has 108 valence electrons. The molecule has 3 rings (SSSR count). The van der Waals surface area contributed by atoms with E-state index in [1.165, 1.54) is 12.1 Å². The van der Waals surface area contributed by atoms with Gasteiger partial charge >= 0.3 is 0 Å². The average Bonchev–Trinajstić information content (AvgIpc) is 3.16. The van der Waals surface area contributed by atoms with Crippen LogP contribution in [0.4, 0.5) is 4.39 Å². The molecule has 5 nitrogen and oxygen atoms in total. The van der Waals surface area contributed by atoms with E-state index in [0.717, 1.165) is 0 Å². The molecule has 0 amide bonds. The van der Waals surface area contributed by atoms with Gasteiger partial charge in [-0.15, -0.1) is 0 Å². The van der Waals surface area contributed by atoms with Crippen molar-refractivity contribution < 1.29 is 9.50 Å². The minimum atomic E-state index is -0.877. The normalized spacial score (nSPS) is 12.5. The van der Waals surface area contributed by atoms with E-state index in [4.69, 9.17) is 0 Å². The average molecular weight is 286 g/mol. The van der Waals surface area contributed by atoms with E-state index in [1.807, 2.05) is 27.7 Å². The molecule has 0 radical (unpaired) electrons. The number of aryl methyl sites for hydroxylation is 2. The molecule has 0 aliphatic heterocycles. The zero-order valence-electron chi connectivity index (χ0n) is 11.3. The molecule has 0 saturated heterocycles. The van der Waals surface area contributed by atoms with Crippen molar-refractivity contribution in [3.63, 3.8) is 0 Å². The summed E-state index contributed by atoms with van der Waals surface area (Å²) in [4.78, 5) is 4.20. The lowest BCUT2D eigenvalue weighted by molar-refractivity contribution is 0.203. The Morgan fingerprint density at radius 2 is 1.90 bits per heavy atom. The smallest absolute Gasteiger partial charge is 0.142 e. The van der Waals surface area contributed by atoms with E-state index in [1.54, 1.807) is 24.5 Å². The Morgan fingerprint density at radius 1 is 1.10 bits per heavy atom. The third kappa shape index (κ3) is 3.00. The highest BCUT2D eigenvalue weighted by atomic mass is 19.1. The number of rotatable bonds is 5. The van der Waals surface area contributed by atoms with Crippen molar-refractivity contribution in [3.8, 4) is 0 Å². The van der Waals surface area contributed by atoms with Gasteiger partial charge in [0.05, 0.1) is 6.54 Å². The van der Waals surface area contributed by atoms with Crippen molar-refractivity contribution >= 4 is 0 Å². The maximum absolute atomic E-state index is 12.9. The van der Waals surface area contributed by atoms with Crippen molar-refractivity contribution in [1.82, 2.24) is 19.3 Å². The third-order valence-corrected chi connectivity index (χ3v) is 3.31. The molecular weight excluding hydrogens is 271 g/mol. The lowest BCUT2D eigenvalue weighted by atomic mass is 10.1. The Labute approximate surface area is 121 Å². The van der Waals surface area contributed by atoms with Gasteiger partial charge in [0, 0.05) is 31.3 Å². The predicted molar refractivity (Wildman–Crippen MR) is 74.9 cm³/mol. The summed E-state index contributed by atoms with van der Waals surface area (Å²) in [5, 5.41) is 14.5. The van der Waals surface area contributed by atoms with Crippen LogP contribution in [0.25, 0.3) is 0 Å². The summed E-state index contributed by atoms with van der Waals surface area (Å²) in [6.07, 6.45) is 6.18. The summed E-state index contributed by atoms with van der Waals surface area (Å²) in [5.74, 6) is 0.210. The van der Waals surface area contributed by atoms with Crippen molar-refractivity contribution in [3.05, 3.63) is 72.3 Å². The summed E-state index contributed by atoms with van der Waals surface area (Å²) >= 11 is 0. The molecule has 0 fully saturated rings. The van der Waals surface area contributed by atoms with Gasteiger partial charge in [-0.1, -0.05) is 12.1 Å². The predicted octanol–water partition coefficient (Wildman–Crippen LogP) is 2.00. The van der Waals surface area contributed by atoms with Gasteiger partial charge in [0.1, 0.15) is 17.7 Å². The first kappa shape index (κ1) is 13.5. The maximum atomic E-state index is 12.9. The quantitative estimate of drug-likeness (QED) is 0.780. The molecule has 21 heavy (non-hydrogen) atoms. The van der Waals surface area contributed by atoms with Crippen molar-refractivity contribution in [2.45, 2.75) is 19.2 Å². The van der Waals surface area contributed by atoms with Gasteiger partial charge in [0.15, 0.2) is 0 Å². The Balaban J connectivity index is 1.76. The van der Waals surface area contributed by atoms with Crippen molar-refractivity contribution in [2.75, 3.05) is 0 Å². The number of imidazole rings is 1. The van der Waals surface area contributed by atoms with Crippen LogP contribution in [-0.2, 0) is 13.1 Å². The van der Waals surface area contributed by atoms with E-state index < -0.39 is 6.10 Å². The van der Waals surface area contributed by atoms with Crippen LogP contribution in [0.2, 0.25) is 0 Å². The highest BCUT2D eigenvalue weighted by Gasteiger charge is 2.16. The number of benzene rings is 1. The van der Waals surface area contributed by atoms with Gasteiger partial charge in [0.2, 0.25) is 0 Å². The number of nitrogens with zero attached hydrogens (tertiary/aromatic N) is 4. The number of aromatic nitrogens is 4. The molecule has 0 bridgehead atoms. The number of aliphatic hydroxyl groups is 1. The fraction of sp³-hybridized carbons (Fsp3) is 0.200. The zero-order valence-corrected chi connectivity index (χ0v) is 11.3. The molecule has 0 aliphatic rings. The highest BCUT2D eigenvalue weighted by molar-refractivity contribution is 5.23. The van der Waals surface area contributed by atoms with Gasteiger partial charge in [-0.2, -0.15) is 5.10 Å². The SMILES string of the molecule is O[C@H](c1ccc(F)cc1)c1nccn1CCn1cccn1. The first-order valence-electron chi connectivity index (χ1n) is 6.66. The van der Waals surface area contributed by atoms with Crippen LogP contribution in [0.5, 0.6) is 0 Å². The molecule has 2 aromatic heterocycles. The molecule has 0 unspecified atom stereocenters. The van der Waals surface area contributed by atoms with Crippen LogP contribution in [-0.4, -0.2) is 24.4 Å². The van der Waals surface area contributed by atoms with Gasteiger partial charge < -0.3 is 9.67 Å². The molecule has 6 heteroatoms. The highest BCUT2D eigenvalue weighted by Crippen LogP contribution is 2.20. The molecule has 3 aromatic rings. The lowest BCUT2D eigenvalue weighted by Gasteiger charge is -2.13. The van der Waals surface area contributed by atoms with Gasteiger partial charge in [-0.05, 0) is 23.8 Å². The minimum absolute atomic E-state index is 0.326. The van der Waals surface area contributed by atoms with Crippen LogP contribution in [0.15, 0.2) is 55.1 Å². The number of aliphatic hydroxyl groups excluding tert-OH is 1. The van der Waals surface area contributed by atoms with Crippen molar-refractivity contribution in [1.29, 1.82) is 0 Å². The Morgan fingerprint density at radius 3 is 2.62 bits per heavy atom. The summed E-state index contributed by atoms with van der Waals surface area (Å²) < 4.78 is 16.6. The second-order valence-electron chi connectivity index (χ2n) is 4.70. The largest absolute Gasteiger partial charge is 0.380 e. The lowest BCUT2D eigenvalue weighted by Crippen LogP contribution is -2.13. The van der Waals surface area contributed by atoms with E-state index in [-0.39, 0.29) is 5.82 Å². The minimum Gasteiger partial charge on any atom is -0.380 e. The van der Waals surface area contributed by atoms with E-state index in [9.17, 15) is 9.50 Å². The van der Waals surface area contributed by atoms with Crippen LogP contribution < -0.4 is 0 Å². The standard InChI is InChI=1S/C15H15FN4O/c16-13-4-2-12(3-5-13)14(21)15-17-7-9-19(15)10-11-20-8-1-6-18-20/h1-9,14,21H,10-11H2/t14-/m1/s1. The first-order chi connectivity index (χ1) is 10.2. The molecule has 0 spiro atoms. The molecule has 1 N–H and O–H groups in total. The Hall–Kier alpha value is -2.47. The Kier molecular flexibility index (Phi) is 3.79. The second-order valence-corrected chi connectivity index (χ2v) is 4.70. The fourth-order valence-electron chi connectivity index (χ4n) is 2.19. The monoisotopic (exact) mass is 286 g/mol. The van der Waals surface area contributed by atoms with E-state index in [2.05, 4.69) is 10.1 Å². The van der Waals surface area contributed by atoms with E-state index >= 15 is 0 Å². The number of hydrogen-bond donors (Lipinski definition) is 1. The van der Waals surface area contributed by atoms with Crippen molar-refractivity contribution in [2.24, 2.45) is 0 Å². The van der Waals surface area contributed by atoms with Gasteiger partial charge in [-0.3, -0.25) is 4.68 Å². The molecule has 1 atom stereocenters. The topological polar surface area (TPSA) is 55.9 Å². The molecule has 0 aliphatic carbocycles. The maximum Gasteiger partial charge on any atom is 0.142 e. The fourth-order valence-corrected chi connectivity index (χ4v) is 2.19. The third-order valence-electron chi connectivity index (χ3n) is 3.31. The summed E-state index contributed by atoms with van der Waals surface area (Å²) in [6.45, 7) is 1.34. The van der Waals surface area contributed by atoms with Gasteiger partial charge in [-0.25, -0.2) is 9.37 Å². The first-order valence-corrected chi connectivity index (χ1v) is 6.66. The summed E-state index contributed by atoms with van der Waals surface area (Å²) in [6, 6.07) is 7.65. The van der Waals surface area contributed by atoms with E-state index in [0.29, 0.717) is 24.5 Å². The zero-order chi connectivity index (χ0) is 14.7. The second kappa shape index (κ2) is 5.88. The molecular formula is C15H15FN4O.